The maximum atomic E-state index is 11.6. The van der Waals surface area contributed by atoms with Gasteiger partial charge in [-0.1, -0.05) is 18.2 Å². The first kappa shape index (κ1) is 11.7. The summed E-state index contributed by atoms with van der Waals surface area (Å²) in [6.45, 7) is 0. The zero-order chi connectivity index (χ0) is 12.8. The molecule has 2 aliphatic rings. The molecule has 0 bridgehead atoms. The molecule has 2 saturated heterocycles. The van der Waals surface area contributed by atoms with Crippen molar-refractivity contribution in [3.8, 4) is 0 Å². The summed E-state index contributed by atoms with van der Waals surface area (Å²) < 4.78 is 23.2. The molecule has 2 atom stereocenters. The number of para-hydroxylation sites is 1. The van der Waals surface area contributed by atoms with Gasteiger partial charge in [0.2, 0.25) is 0 Å². The number of anilines is 1. The Balaban J connectivity index is 1.82. The molecule has 0 aromatic heterocycles. The Bertz CT molecular complexity index is 573. The highest BCUT2D eigenvalue weighted by molar-refractivity contribution is 7.91. The van der Waals surface area contributed by atoms with E-state index in [0.717, 1.165) is 5.69 Å². The highest BCUT2D eigenvalue weighted by Gasteiger charge is 2.47. The summed E-state index contributed by atoms with van der Waals surface area (Å²) in [5, 5.41) is 5.37. The topological polar surface area (TPSA) is 61.4 Å². The van der Waals surface area contributed by atoms with E-state index < -0.39 is 9.84 Å². The molecule has 0 saturated carbocycles. The minimum Gasteiger partial charge on any atom is -0.355 e. The standard InChI is InChI=1S/C11H13N3O2S2/c15-18(16)6-9-10(7-18)14(11(17)12-9)13-8-4-2-1-3-5-8/h1-5,9-10,13H,6-7H2,(H,12,17). The van der Waals surface area contributed by atoms with Gasteiger partial charge in [0.1, 0.15) is 0 Å². The minimum atomic E-state index is -2.96. The van der Waals surface area contributed by atoms with E-state index in [2.05, 4.69) is 10.7 Å². The van der Waals surface area contributed by atoms with Crippen molar-refractivity contribution in [2.45, 2.75) is 12.1 Å². The second kappa shape index (κ2) is 4.10. The van der Waals surface area contributed by atoms with Crippen LogP contribution in [0.3, 0.4) is 0 Å². The van der Waals surface area contributed by atoms with Crippen LogP contribution < -0.4 is 10.7 Å². The third-order valence-corrected chi connectivity index (χ3v) is 5.24. The van der Waals surface area contributed by atoms with Crippen molar-refractivity contribution in [1.82, 2.24) is 10.3 Å². The van der Waals surface area contributed by atoms with Gasteiger partial charge in [0.25, 0.3) is 0 Å². The molecule has 2 aliphatic heterocycles. The average Bonchev–Trinajstić information content (AvgIpc) is 2.74. The first-order valence-electron chi connectivity index (χ1n) is 5.67. The van der Waals surface area contributed by atoms with Crippen LogP contribution in [0.2, 0.25) is 0 Å². The SMILES string of the molecule is O=S1(=O)CC2NC(=S)N(Nc3ccccc3)C2C1. The third kappa shape index (κ3) is 2.04. The van der Waals surface area contributed by atoms with Crippen molar-refractivity contribution < 1.29 is 8.42 Å². The molecule has 18 heavy (non-hydrogen) atoms. The molecule has 5 nitrogen and oxygen atoms in total. The van der Waals surface area contributed by atoms with Gasteiger partial charge in [0.15, 0.2) is 14.9 Å². The molecule has 1 aromatic carbocycles. The van der Waals surface area contributed by atoms with E-state index in [0.29, 0.717) is 5.11 Å². The van der Waals surface area contributed by atoms with Gasteiger partial charge in [-0.05, 0) is 24.4 Å². The molecule has 2 fully saturated rings. The summed E-state index contributed by atoms with van der Waals surface area (Å²) in [5.74, 6) is 0.301. The number of nitrogens with zero attached hydrogens (tertiary/aromatic N) is 1. The van der Waals surface area contributed by atoms with Crippen molar-refractivity contribution in [1.29, 1.82) is 0 Å². The number of hydrazine groups is 1. The van der Waals surface area contributed by atoms with Crippen LogP contribution in [-0.4, -0.2) is 42.1 Å². The van der Waals surface area contributed by atoms with E-state index in [1.54, 1.807) is 5.01 Å². The normalized spacial score (nSPS) is 28.9. The largest absolute Gasteiger partial charge is 0.355 e. The van der Waals surface area contributed by atoms with Gasteiger partial charge in [0, 0.05) is 0 Å². The second-order valence-corrected chi connectivity index (χ2v) is 7.09. The Morgan fingerprint density at radius 1 is 1.28 bits per heavy atom. The van der Waals surface area contributed by atoms with Gasteiger partial charge in [-0.3, -0.25) is 10.4 Å². The highest BCUT2D eigenvalue weighted by Crippen LogP contribution is 2.24. The lowest BCUT2D eigenvalue weighted by atomic mass is 10.2. The Morgan fingerprint density at radius 3 is 2.72 bits per heavy atom. The van der Waals surface area contributed by atoms with Crippen LogP contribution >= 0.6 is 12.2 Å². The number of benzene rings is 1. The first-order valence-corrected chi connectivity index (χ1v) is 7.90. The summed E-state index contributed by atoms with van der Waals surface area (Å²) >= 11 is 5.23. The third-order valence-electron chi connectivity index (χ3n) is 3.21. The molecular formula is C11H13N3O2S2. The van der Waals surface area contributed by atoms with Crippen molar-refractivity contribution in [3.05, 3.63) is 30.3 Å². The molecule has 0 spiro atoms. The molecule has 96 valence electrons. The second-order valence-electron chi connectivity index (χ2n) is 4.55. The van der Waals surface area contributed by atoms with E-state index in [-0.39, 0.29) is 23.6 Å². The average molecular weight is 283 g/mol. The first-order chi connectivity index (χ1) is 8.55. The van der Waals surface area contributed by atoms with Crippen LogP contribution in [0.1, 0.15) is 0 Å². The number of hydrogen-bond acceptors (Lipinski definition) is 4. The van der Waals surface area contributed by atoms with Crippen LogP contribution in [0.4, 0.5) is 5.69 Å². The fourth-order valence-electron chi connectivity index (χ4n) is 2.39. The fourth-order valence-corrected chi connectivity index (χ4v) is 4.61. The number of sulfone groups is 1. The molecule has 2 heterocycles. The highest BCUT2D eigenvalue weighted by atomic mass is 32.2. The molecule has 3 rings (SSSR count). The summed E-state index contributed by atoms with van der Waals surface area (Å²) in [4.78, 5) is 0. The zero-order valence-corrected chi connectivity index (χ0v) is 11.2. The number of hydrogen-bond donors (Lipinski definition) is 2. The minimum absolute atomic E-state index is 0.0984. The fraction of sp³-hybridized carbons (Fsp3) is 0.364. The Kier molecular flexibility index (Phi) is 2.67. The smallest absolute Gasteiger partial charge is 0.188 e. The molecular weight excluding hydrogens is 270 g/mol. The lowest BCUT2D eigenvalue weighted by molar-refractivity contribution is 0.410. The zero-order valence-electron chi connectivity index (χ0n) is 9.54. The maximum absolute atomic E-state index is 11.6. The van der Waals surface area contributed by atoms with Crippen molar-refractivity contribution in [3.63, 3.8) is 0 Å². The number of thiocarbonyl (C=S) groups is 1. The molecule has 2 unspecified atom stereocenters. The number of fused-ring (bicyclic) bond motifs is 1. The molecule has 1 aromatic rings. The quantitative estimate of drug-likeness (QED) is 0.765. The van der Waals surface area contributed by atoms with Gasteiger partial charge >= 0.3 is 0 Å². The van der Waals surface area contributed by atoms with Crippen LogP contribution in [0.15, 0.2) is 30.3 Å². The number of nitrogens with one attached hydrogen (secondary N) is 2. The van der Waals surface area contributed by atoms with Gasteiger partial charge < -0.3 is 5.32 Å². The molecule has 2 N–H and O–H groups in total. The summed E-state index contributed by atoms with van der Waals surface area (Å²) in [7, 11) is -2.96. The molecule has 7 heteroatoms. The van der Waals surface area contributed by atoms with Gasteiger partial charge in [0.05, 0.1) is 29.3 Å². The maximum Gasteiger partial charge on any atom is 0.188 e. The Labute approximate surface area is 111 Å². The van der Waals surface area contributed by atoms with Crippen molar-refractivity contribution in [2.24, 2.45) is 0 Å². The molecule has 0 amide bonds. The van der Waals surface area contributed by atoms with Crippen molar-refractivity contribution in [2.75, 3.05) is 16.9 Å². The summed E-state index contributed by atoms with van der Waals surface area (Å²) in [6, 6.07) is 9.37. The summed E-state index contributed by atoms with van der Waals surface area (Å²) in [6.07, 6.45) is 0. The lowest BCUT2D eigenvalue weighted by Gasteiger charge is -2.24. The van der Waals surface area contributed by atoms with E-state index >= 15 is 0 Å². The van der Waals surface area contributed by atoms with Crippen LogP contribution in [0, 0.1) is 0 Å². The Hall–Kier alpha value is -1.34. The molecule has 0 aliphatic carbocycles. The lowest BCUT2D eigenvalue weighted by Crippen LogP contribution is -2.41. The summed E-state index contributed by atoms with van der Waals surface area (Å²) in [5.41, 5.74) is 4.06. The van der Waals surface area contributed by atoms with Gasteiger partial charge in [-0.15, -0.1) is 0 Å². The van der Waals surface area contributed by atoms with E-state index in [4.69, 9.17) is 12.2 Å². The van der Waals surface area contributed by atoms with E-state index in [1.807, 2.05) is 30.3 Å². The van der Waals surface area contributed by atoms with E-state index in [1.165, 1.54) is 0 Å². The van der Waals surface area contributed by atoms with Gasteiger partial charge in [-0.25, -0.2) is 8.42 Å². The number of rotatable bonds is 2. The Morgan fingerprint density at radius 2 is 2.00 bits per heavy atom. The predicted molar refractivity (Wildman–Crippen MR) is 73.9 cm³/mol. The van der Waals surface area contributed by atoms with Gasteiger partial charge in [-0.2, -0.15) is 0 Å². The van der Waals surface area contributed by atoms with Crippen LogP contribution in [-0.2, 0) is 9.84 Å². The van der Waals surface area contributed by atoms with E-state index in [9.17, 15) is 8.42 Å². The molecule has 0 radical (unpaired) electrons. The van der Waals surface area contributed by atoms with Crippen LogP contribution in [0.25, 0.3) is 0 Å². The monoisotopic (exact) mass is 283 g/mol. The van der Waals surface area contributed by atoms with Crippen LogP contribution in [0.5, 0.6) is 0 Å². The predicted octanol–water partition coefficient (Wildman–Crippen LogP) is 0.369. The van der Waals surface area contributed by atoms with Crippen molar-refractivity contribution >= 4 is 32.9 Å².